The molecule has 0 spiro atoms. The molecule has 0 saturated heterocycles. The second kappa shape index (κ2) is 6.50. The largest absolute Gasteiger partial charge is 0.384 e. The molecule has 0 aromatic heterocycles. The Kier molecular flexibility index (Phi) is 4.06. The van der Waals surface area contributed by atoms with Crippen molar-refractivity contribution in [3.63, 3.8) is 0 Å². The molecule has 0 radical (unpaired) electrons. The van der Waals surface area contributed by atoms with Crippen molar-refractivity contribution in [3.8, 4) is 0 Å². The first-order valence-electron chi connectivity index (χ1n) is 8.51. The maximum absolute atomic E-state index is 10.5. The number of fused-ring (bicyclic) bond motifs is 1. The fourth-order valence-corrected chi connectivity index (χ4v) is 3.39. The van der Waals surface area contributed by atoms with Gasteiger partial charge in [-0.3, -0.25) is 0 Å². The smallest absolute Gasteiger partial charge is 0.104 e. The topological polar surface area (TPSA) is 32.3 Å². The lowest BCUT2D eigenvalue weighted by molar-refractivity contribution is 0.220. The molecule has 24 heavy (non-hydrogen) atoms. The van der Waals surface area contributed by atoms with Gasteiger partial charge in [-0.2, -0.15) is 0 Å². The lowest BCUT2D eigenvalue weighted by atomic mass is 10.0. The van der Waals surface area contributed by atoms with Crippen LogP contribution in [0.15, 0.2) is 72.8 Å². The number of hydrogen-bond donors (Lipinski definition) is 2. The molecule has 3 aromatic carbocycles. The highest BCUT2D eigenvalue weighted by molar-refractivity contribution is 5.62. The number of hydrogen-bond acceptors (Lipinski definition) is 2. The number of aliphatic hydroxyl groups is 1. The molecule has 0 saturated carbocycles. The van der Waals surface area contributed by atoms with Crippen molar-refractivity contribution in [2.24, 2.45) is 0 Å². The number of benzene rings is 3. The van der Waals surface area contributed by atoms with E-state index in [0.29, 0.717) is 0 Å². The second-order valence-electron chi connectivity index (χ2n) is 6.40. The van der Waals surface area contributed by atoms with E-state index in [2.05, 4.69) is 23.5 Å². The predicted octanol–water partition coefficient (Wildman–Crippen LogP) is 5.00. The molecule has 0 unspecified atom stereocenters. The summed E-state index contributed by atoms with van der Waals surface area (Å²) in [5.41, 5.74) is 6.94. The summed E-state index contributed by atoms with van der Waals surface area (Å²) in [5, 5.41) is 13.9. The number of anilines is 2. The van der Waals surface area contributed by atoms with Crippen LogP contribution >= 0.6 is 0 Å². The Morgan fingerprint density at radius 3 is 2.17 bits per heavy atom. The van der Waals surface area contributed by atoms with Crippen molar-refractivity contribution < 1.29 is 5.11 Å². The molecule has 1 aliphatic rings. The Labute approximate surface area is 142 Å². The van der Waals surface area contributed by atoms with Gasteiger partial charge in [-0.1, -0.05) is 48.5 Å². The van der Waals surface area contributed by atoms with E-state index in [1.165, 1.54) is 30.4 Å². The van der Waals surface area contributed by atoms with Crippen LogP contribution in [-0.4, -0.2) is 5.11 Å². The van der Waals surface area contributed by atoms with E-state index < -0.39 is 6.10 Å². The molecule has 4 rings (SSSR count). The van der Waals surface area contributed by atoms with E-state index in [4.69, 9.17) is 0 Å². The lowest BCUT2D eigenvalue weighted by Gasteiger charge is -2.13. The monoisotopic (exact) mass is 315 g/mol. The van der Waals surface area contributed by atoms with Gasteiger partial charge >= 0.3 is 0 Å². The van der Waals surface area contributed by atoms with E-state index >= 15 is 0 Å². The summed E-state index contributed by atoms with van der Waals surface area (Å²) in [4.78, 5) is 0. The first kappa shape index (κ1) is 15.0. The van der Waals surface area contributed by atoms with E-state index in [1.807, 2.05) is 54.6 Å². The Morgan fingerprint density at radius 1 is 0.708 bits per heavy atom. The minimum atomic E-state index is -0.583. The van der Waals surface area contributed by atoms with Crippen LogP contribution in [0.5, 0.6) is 0 Å². The molecule has 3 aromatic rings. The van der Waals surface area contributed by atoms with E-state index in [-0.39, 0.29) is 0 Å². The summed E-state index contributed by atoms with van der Waals surface area (Å²) >= 11 is 0. The van der Waals surface area contributed by atoms with Crippen LogP contribution in [0.3, 0.4) is 0 Å². The van der Waals surface area contributed by atoms with Crippen molar-refractivity contribution in [3.05, 3.63) is 95.1 Å². The summed E-state index contributed by atoms with van der Waals surface area (Å²) in [5.74, 6) is 0. The van der Waals surface area contributed by atoms with Gasteiger partial charge in [0, 0.05) is 11.4 Å². The van der Waals surface area contributed by atoms with Gasteiger partial charge in [0.25, 0.3) is 0 Å². The van der Waals surface area contributed by atoms with Gasteiger partial charge in [0.1, 0.15) is 6.10 Å². The number of aryl methyl sites for hydroxylation is 2. The highest BCUT2D eigenvalue weighted by atomic mass is 16.3. The van der Waals surface area contributed by atoms with Gasteiger partial charge in [-0.25, -0.2) is 0 Å². The van der Waals surface area contributed by atoms with Gasteiger partial charge < -0.3 is 10.4 Å². The predicted molar refractivity (Wildman–Crippen MR) is 98.7 cm³/mol. The van der Waals surface area contributed by atoms with E-state index in [0.717, 1.165) is 22.5 Å². The van der Waals surface area contributed by atoms with Crippen LogP contribution in [0.1, 0.15) is 34.8 Å². The summed E-state index contributed by atoms with van der Waals surface area (Å²) in [7, 11) is 0. The van der Waals surface area contributed by atoms with Crippen molar-refractivity contribution in [2.75, 3.05) is 5.32 Å². The maximum atomic E-state index is 10.5. The van der Waals surface area contributed by atoms with Crippen molar-refractivity contribution >= 4 is 11.4 Å². The van der Waals surface area contributed by atoms with Gasteiger partial charge in [0.15, 0.2) is 0 Å². The summed E-state index contributed by atoms with van der Waals surface area (Å²) in [6, 6.07) is 24.4. The van der Waals surface area contributed by atoms with Crippen LogP contribution in [-0.2, 0) is 12.8 Å². The Morgan fingerprint density at radius 2 is 1.38 bits per heavy atom. The Hall–Kier alpha value is -2.58. The molecule has 0 fully saturated rings. The molecule has 1 atom stereocenters. The second-order valence-corrected chi connectivity index (χ2v) is 6.40. The molecule has 1 aliphatic carbocycles. The zero-order valence-corrected chi connectivity index (χ0v) is 13.6. The molecule has 2 heteroatoms. The molecule has 2 nitrogen and oxygen atoms in total. The van der Waals surface area contributed by atoms with E-state index in [1.54, 1.807) is 0 Å². The van der Waals surface area contributed by atoms with Crippen LogP contribution < -0.4 is 5.32 Å². The fourth-order valence-electron chi connectivity index (χ4n) is 3.39. The first-order chi connectivity index (χ1) is 11.8. The van der Waals surface area contributed by atoms with Crippen LogP contribution in [0.2, 0.25) is 0 Å². The number of nitrogens with one attached hydrogen (secondary N) is 1. The summed E-state index contributed by atoms with van der Waals surface area (Å²) in [6.45, 7) is 0. The van der Waals surface area contributed by atoms with Crippen molar-refractivity contribution in [1.82, 2.24) is 0 Å². The molecule has 0 amide bonds. The van der Waals surface area contributed by atoms with Gasteiger partial charge in [-0.15, -0.1) is 0 Å². The van der Waals surface area contributed by atoms with Gasteiger partial charge in [0.2, 0.25) is 0 Å². The Bertz CT molecular complexity index is 824. The third-order valence-electron chi connectivity index (χ3n) is 4.73. The SMILES string of the molecule is O[C@H](c1ccccc1)c1ccc(Nc2ccc3c(c2)CCC3)cc1. The average Bonchev–Trinajstić information content (AvgIpc) is 3.10. The minimum Gasteiger partial charge on any atom is -0.384 e. The highest BCUT2D eigenvalue weighted by Gasteiger charge is 2.12. The van der Waals surface area contributed by atoms with Crippen LogP contribution in [0.4, 0.5) is 11.4 Å². The zero-order chi connectivity index (χ0) is 16.4. The maximum Gasteiger partial charge on any atom is 0.104 e. The van der Waals surface area contributed by atoms with Crippen molar-refractivity contribution in [1.29, 1.82) is 0 Å². The molecule has 0 heterocycles. The molecular weight excluding hydrogens is 294 g/mol. The average molecular weight is 315 g/mol. The molecule has 120 valence electrons. The number of aliphatic hydroxyl groups excluding tert-OH is 1. The first-order valence-corrected chi connectivity index (χ1v) is 8.51. The molecule has 0 bridgehead atoms. The Balaban J connectivity index is 1.50. The zero-order valence-electron chi connectivity index (χ0n) is 13.6. The van der Waals surface area contributed by atoms with Crippen molar-refractivity contribution in [2.45, 2.75) is 25.4 Å². The highest BCUT2D eigenvalue weighted by Crippen LogP contribution is 2.28. The normalized spacial score (nSPS) is 14.2. The molecule has 0 aliphatic heterocycles. The standard InChI is InChI=1S/C22H21NO/c24-22(17-5-2-1-3-6-17)18-10-12-20(13-11-18)23-21-14-9-16-7-4-8-19(16)15-21/h1-3,5-6,9-15,22-24H,4,7-8H2/t22-/m1/s1. The van der Waals surface area contributed by atoms with Gasteiger partial charge in [-0.05, 0) is 65.8 Å². The lowest BCUT2D eigenvalue weighted by Crippen LogP contribution is -1.99. The third-order valence-corrected chi connectivity index (χ3v) is 4.73. The number of rotatable bonds is 4. The third kappa shape index (κ3) is 3.06. The van der Waals surface area contributed by atoms with Crippen LogP contribution in [0.25, 0.3) is 0 Å². The summed E-state index contributed by atoms with van der Waals surface area (Å²) < 4.78 is 0. The van der Waals surface area contributed by atoms with Gasteiger partial charge in [0.05, 0.1) is 0 Å². The molecular formula is C22H21NO. The minimum absolute atomic E-state index is 0.583. The fraction of sp³-hybridized carbons (Fsp3) is 0.182. The van der Waals surface area contributed by atoms with Crippen LogP contribution in [0, 0.1) is 0 Å². The summed E-state index contributed by atoms with van der Waals surface area (Å²) in [6.07, 6.45) is 3.08. The molecule has 2 N–H and O–H groups in total. The quantitative estimate of drug-likeness (QED) is 0.710. The van der Waals surface area contributed by atoms with E-state index in [9.17, 15) is 5.11 Å².